The van der Waals surface area contributed by atoms with Crippen LogP contribution in [0.1, 0.15) is 59.3 Å². The van der Waals surface area contributed by atoms with Crippen LogP contribution >= 0.6 is 0 Å². The Hall–Kier alpha value is -0.570. The summed E-state index contributed by atoms with van der Waals surface area (Å²) in [5.74, 6) is 0.318. The number of amides is 1. The molecule has 0 unspecified atom stereocenters. The Kier molecular flexibility index (Phi) is 11.5. The second-order valence-corrected chi connectivity index (χ2v) is 4.59. The molecule has 0 spiro atoms. The largest absolute Gasteiger partial charge is 0.341 e. The highest BCUT2D eigenvalue weighted by Crippen LogP contribution is 2.00. The summed E-state index contributed by atoms with van der Waals surface area (Å²) in [5.41, 5.74) is 0. The van der Waals surface area contributed by atoms with Gasteiger partial charge in [0.1, 0.15) is 0 Å². The molecule has 0 bridgehead atoms. The van der Waals surface area contributed by atoms with Crippen LogP contribution in [0.5, 0.6) is 0 Å². The minimum Gasteiger partial charge on any atom is -0.341 e. The van der Waals surface area contributed by atoms with Crippen molar-refractivity contribution >= 4 is 5.91 Å². The van der Waals surface area contributed by atoms with Crippen LogP contribution in [0.15, 0.2) is 0 Å². The summed E-state index contributed by atoms with van der Waals surface area (Å²) in [7, 11) is 0. The maximum absolute atomic E-state index is 11.9. The van der Waals surface area contributed by atoms with Gasteiger partial charge in [-0.3, -0.25) is 4.79 Å². The lowest BCUT2D eigenvalue weighted by Gasteiger charge is -2.22. The van der Waals surface area contributed by atoms with Gasteiger partial charge in [-0.25, -0.2) is 0 Å². The normalized spacial score (nSPS) is 10.5. The maximum atomic E-state index is 11.9. The van der Waals surface area contributed by atoms with Gasteiger partial charge in [0.15, 0.2) is 0 Å². The number of carbonyl (C=O) groups is 1. The van der Waals surface area contributed by atoms with Crippen LogP contribution in [0.25, 0.3) is 0 Å². The van der Waals surface area contributed by atoms with E-state index in [1.54, 1.807) is 0 Å². The number of hydrogen-bond acceptors (Lipinski definition) is 2. The monoisotopic (exact) mass is 242 g/mol. The van der Waals surface area contributed by atoms with Crippen molar-refractivity contribution in [3.8, 4) is 0 Å². The van der Waals surface area contributed by atoms with E-state index >= 15 is 0 Å². The molecule has 0 aromatic heterocycles. The van der Waals surface area contributed by atoms with Gasteiger partial charge in [-0.1, -0.05) is 33.6 Å². The lowest BCUT2D eigenvalue weighted by atomic mass is 10.2. The van der Waals surface area contributed by atoms with Crippen molar-refractivity contribution < 1.29 is 4.79 Å². The third-order valence-electron chi connectivity index (χ3n) is 2.86. The fraction of sp³-hybridized carbons (Fsp3) is 0.929. The van der Waals surface area contributed by atoms with E-state index in [0.29, 0.717) is 12.3 Å². The van der Waals surface area contributed by atoms with E-state index < -0.39 is 0 Å². The molecular formula is C14H30N2O. The smallest absolute Gasteiger partial charge is 0.222 e. The molecule has 0 saturated heterocycles. The quantitative estimate of drug-likeness (QED) is 0.565. The molecule has 102 valence electrons. The fourth-order valence-electron chi connectivity index (χ4n) is 1.72. The molecule has 17 heavy (non-hydrogen) atoms. The van der Waals surface area contributed by atoms with Gasteiger partial charge in [-0.2, -0.15) is 0 Å². The van der Waals surface area contributed by atoms with Crippen LogP contribution in [-0.4, -0.2) is 37.0 Å². The lowest BCUT2D eigenvalue weighted by molar-refractivity contribution is -0.131. The van der Waals surface area contributed by atoms with Gasteiger partial charge in [0.2, 0.25) is 5.91 Å². The molecular weight excluding hydrogens is 212 g/mol. The Morgan fingerprint density at radius 3 is 2.24 bits per heavy atom. The Morgan fingerprint density at radius 2 is 1.65 bits per heavy atom. The molecule has 3 heteroatoms. The lowest BCUT2D eigenvalue weighted by Crippen LogP contribution is -2.37. The molecule has 0 atom stereocenters. The molecule has 0 aliphatic carbocycles. The average Bonchev–Trinajstić information content (AvgIpc) is 2.33. The first-order valence-electron chi connectivity index (χ1n) is 7.24. The third kappa shape index (κ3) is 9.16. The Bertz CT molecular complexity index is 183. The van der Waals surface area contributed by atoms with Crippen molar-refractivity contribution in [1.29, 1.82) is 0 Å². The van der Waals surface area contributed by atoms with Crippen LogP contribution in [0.2, 0.25) is 0 Å². The second-order valence-electron chi connectivity index (χ2n) is 4.59. The molecule has 1 N–H and O–H groups in total. The number of carbonyl (C=O) groups excluding carboxylic acids is 1. The van der Waals surface area contributed by atoms with Crippen LogP contribution < -0.4 is 5.32 Å². The molecule has 0 aromatic carbocycles. The van der Waals surface area contributed by atoms with Crippen molar-refractivity contribution in [3.63, 3.8) is 0 Å². The molecule has 1 amide bonds. The van der Waals surface area contributed by atoms with Crippen LogP contribution in [-0.2, 0) is 4.79 Å². The van der Waals surface area contributed by atoms with Crippen molar-refractivity contribution in [2.45, 2.75) is 59.3 Å². The number of nitrogens with zero attached hydrogens (tertiary/aromatic N) is 1. The van der Waals surface area contributed by atoms with Crippen LogP contribution in [0.4, 0.5) is 0 Å². The number of nitrogens with one attached hydrogen (secondary N) is 1. The van der Waals surface area contributed by atoms with E-state index in [0.717, 1.165) is 45.4 Å². The molecule has 0 fully saturated rings. The van der Waals surface area contributed by atoms with E-state index in [1.165, 1.54) is 12.8 Å². The van der Waals surface area contributed by atoms with Crippen LogP contribution in [0.3, 0.4) is 0 Å². The first kappa shape index (κ1) is 16.4. The van der Waals surface area contributed by atoms with Gasteiger partial charge in [0.25, 0.3) is 0 Å². The molecule has 0 rings (SSSR count). The molecule has 0 heterocycles. The van der Waals surface area contributed by atoms with Crippen LogP contribution in [0, 0.1) is 0 Å². The Balaban J connectivity index is 3.80. The standard InChI is InChI=1S/C14H30N2O/c1-4-7-10-15-11-13-16(12-8-5-2)14(17)9-6-3/h15H,4-13H2,1-3H3. The summed E-state index contributed by atoms with van der Waals surface area (Å²) < 4.78 is 0. The minimum absolute atomic E-state index is 0.318. The number of hydrogen-bond donors (Lipinski definition) is 1. The molecule has 0 aromatic rings. The van der Waals surface area contributed by atoms with Gasteiger partial charge in [0, 0.05) is 26.1 Å². The zero-order valence-electron chi connectivity index (χ0n) is 11.9. The van der Waals surface area contributed by atoms with Crippen molar-refractivity contribution in [2.75, 3.05) is 26.2 Å². The van der Waals surface area contributed by atoms with Crippen molar-refractivity contribution in [2.24, 2.45) is 0 Å². The predicted molar refractivity (Wildman–Crippen MR) is 74.2 cm³/mol. The zero-order chi connectivity index (χ0) is 12.9. The number of rotatable bonds is 11. The summed E-state index contributed by atoms with van der Waals surface area (Å²) in [5, 5.41) is 3.40. The van der Waals surface area contributed by atoms with Gasteiger partial charge in [0.05, 0.1) is 0 Å². The first-order chi connectivity index (χ1) is 8.26. The summed E-state index contributed by atoms with van der Waals surface area (Å²) >= 11 is 0. The van der Waals surface area contributed by atoms with E-state index in [-0.39, 0.29) is 0 Å². The van der Waals surface area contributed by atoms with Gasteiger partial charge in [-0.05, 0) is 25.8 Å². The molecule has 0 aliphatic rings. The SMILES string of the molecule is CCCCNCCN(CCCC)C(=O)CCC. The molecule has 0 aliphatic heterocycles. The summed E-state index contributed by atoms with van der Waals surface area (Å²) in [6, 6.07) is 0. The summed E-state index contributed by atoms with van der Waals surface area (Å²) in [6.07, 6.45) is 6.35. The highest BCUT2D eigenvalue weighted by atomic mass is 16.2. The van der Waals surface area contributed by atoms with Crippen molar-refractivity contribution in [1.82, 2.24) is 10.2 Å². The van der Waals surface area contributed by atoms with Gasteiger partial charge >= 0.3 is 0 Å². The fourth-order valence-corrected chi connectivity index (χ4v) is 1.72. The molecule has 0 saturated carbocycles. The predicted octanol–water partition coefficient (Wildman–Crippen LogP) is 2.80. The van der Waals surface area contributed by atoms with Gasteiger partial charge < -0.3 is 10.2 Å². The van der Waals surface area contributed by atoms with Gasteiger partial charge in [-0.15, -0.1) is 0 Å². The minimum atomic E-state index is 0.318. The topological polar surface area (TPSA) is 32.3 Å². The summed E-state index contributed by atoms with van der Waals surface area (Å²) in [4.78, 5) is 13.9. The second kappa shape index (κ2) is 11.9. The average molecular weight is 242 g/mol. The maximum Gasteiger partial charge on any atom is 0.222 e. The zero-order valence-corrected chi connectivity index (χ0v) is 11.9. The van der Waals surface area contributed by atoms with E-state index in [2.05, 4.69) is 26.1 Å². The summed E-state index contributed by atoms with van der Waals surface area (Å²) in [6.45, 7) is 10.2. The van der Waals surface area contributed by atoms with Crippen molar-refractivity contribution in [3.05, 3.63) is 0 Å². The highest BCUT2D eigenvalue weighted by molar-refractivity contribution is 5.76. The molecule has 3 nitrogen and oxygen atoms in total. The Morgan fingerprint density at radius 1 is 0.941 bits per heavy atom. The first-order valence-corrected chi connectivity index (χ1v) is 7.24. The number of unbranched alkanes of at least 4 members (excludes halogenated alkanes) is 2. The van der Waals surface area contributed by atoms with E-state index in [9.17, 15) is 4.79 Å². The van der Waals surface area contributed by atoms with E-state index in [4.69, 9.17) is 0 Å². The van der Waals surface area contributed by atoms with E-state index in [1.807, 2.05) is 4.90 Å². The Labute approximate surface area is 107 Å². The third-order valence-corrected chi connectivity index (χ3v) is 2.86. The molecule has 0 radical (unpaired) electrons. The highest BCUT2D eigenvalue weighted by Gasteiger charge is 2.10.